The summed E-state index contributed by atoms with van der Waals surface area (Å²) in [5.41, 5.74) is 10.3. The van der Waals surface area contributed by atoms with Gasteiger partial charge in [-0.1, -0.05) is 46.3 Å². The zero-order valence-corrected chi connectivity index (χ0v) is 13.1. The number of benzene rings is 2. The summed E-state index contributed by atoms with van der Waals surface area (Å²) in [6.07, 6.45) is 0. The van der Waals surface area contributed by atoms with E-state index in [1.807, 2.05) is 42.5 Å². The number of halogens is 1. The minimum atomic E-state index is -0.0235. The molecule has 0 heterocycles. The van der Waals surface area contributed by atoms with Crippen molar-refractivity contribution in [2.24, 2.45) is 0 Å². The molecule has 0 fully saturated rings. The summed E-state index contributed by atoms with van der Waals surface area (Å²) < 4.78 is 0. The molecule has 0 saturated heterocycles. The molecule has 0 bridgehead atoms. The largest absolute Gasteiger partial charge is 0.398 e. The molecule has 4 heteroatoms. The first-order chi connectivity index (χ1) is 9.54. The highest BCUT2D eigenvalue weighted by Crippen LogP contribution is 2.30. The molecule has 0 aromatic heterocycles. The number of rotatable bonds is 3. The van der Waals surface area contributed by atoms with Gasteiger partial charge in [0.25, 0.3) is 5.91 Å². The van der Waals surface area contributed by atoms with Gasteiger partial charge in [-0.25, -0.2) is 0 Å². The minimum Gasteiger partial charge on any atom is -0.398 e. The van der Waals surface area contributed by atoms with Gasteiger partial charge in [-0.2, -0.15) is 0 Å². The first-order valence-electron chi connectivity index (χ1n) is 6.30. The maximum atomic E-state index is 12.3. The van der Waals surface area contributed by atoms with E-state index in [-0.39, 0.29) is 5.91 Å². The molecule has 1 amide bonds. The van der Waals surface area contributed by atoms with Crippen molar-refractivity contribution in [3.63, 3.8) is 0 Å². The van der Waals surface area contributed by atoms with Crippen LogP contribution in [0.25, 0.3) is 11.1 Å². The molecule has 3 nitrogen and oxygen atoms in total. The lowest BCUT2D eigenvalue weighted by molar-refractivity contribution is 0.0828. The lowest BCUT2D eigenvalue weighted by Crippen LogP contribution is -2.22. The zero-order valence-electron chi connectivity index (χ0n) is 11.6. The molecule has 104 valence electrons. The molecule has 0 radical (unpaired) electrons. The van der Waals surface area contributed by atoms with Crippen LogP contribution >= 0.6 is 15.9 Å². The van der Waals surface area contributed by atoms with Gasteiger partial charge in [0, 0.05) is 36.2 Å². The second-order valence-corrected chi connectivity index (χ2v) is 5.36. The summed E-state index contributed by atoms with van der Waals surface area (Å²) in [5, 5.41) is 0.760. The highest BCUT2D eigenvalue weighted by atomic mass is 79.9. The van der Waals surface area contributed by atoms with E-state index in [1.54, 1.807) is 19.0 Å². The summed E-state index contributed by atoms with van der Waals surface area (Å²) in [6.45, 7) is 0. The van der Waals surface area contributed by atoms with E-state index in [4.69, 9.17) is 5.73 Å². The van der Waals surface area contributed by atoms with Crippen molar-refractivity contribution in [1.29, 1.82) is 0 Å². The van der Waals surface area contributed by atoms with Crippen LogP contribution in [0.2, 0.25) is 0 Å². The van der Waals surface area contributed by atoms with Crippen LogP contribution in [-0.2, 0) is 5.33 Å². The van der Waals surface area contributed by atoms with E-state index >= 15 is 0 Å². The van der Waals surface area contributed by atoms with Crippen LogP contribution in [0.1, 0.15) is 15.9 Å². The van der Waals surface area contributed by atoms with Crippen LogP contribution in [0.3, 0.4) is 0 Å². The summed E-state index contributed by atoms with van der Waals surface area (Å²) in [5.74, 6) is -0.0235. The maximum Gasteiger partial charge on any atom is 0.253 e. The monoisotopic (exact) mass is 332 g/mol. The maximum absolute atomic E-state index is 12.3. The minimum absolute atomic E-state index is 0.0235. The standard InChI is InChI=1S/C16H17BrN2O/c1-19(2)16(20)14-6-4-3-5-12(14)13-8-7-11(10-17)9-15(13)18/h3-9H,10,18H2,1-2H3. The molecule has 2 aromatic carbocycles. The Morgan fingerprint density at radius 1 is 1.15 bits per heavy atom. The van der Waals surface area contributed by atoms with Crippen molar-refractivity contribution in [1.82, 2.24) is 4.90 Å². The molecule has 0 atom stereocenters. The SMILES string of the molecule is CN(C)C(=O)c1ccccc1-c1ccc(CBr)cc1N. The fraction of sp³-hybridized carbons (Fsp3) is 0.188. The van der Waals surface area contributed by atoms with E-state index in [0.717, 1.165) is 22.0 Å². The highest BCUT2D eigenvalue weighted by molar-refractivity contribution is 9.08. The van der Waals surface area contributed by atoms with Crippen molar-refractivity contribution in [2.45, 2.75) is 5.33 Å². The van der Waals surface area contributed by atoms with E-state index in [9.17, 15) is 4.79 Å². The Labute approximate surface area is 127 Å². The van der Waals surface area contributed by atoms with Crippen LogP contribution < -0.4 is 5.73 Å². The number of nitrogens with two attached hydrogens (primary N) is 1. The topological polar surface area (TPSA) is 46.3 Å². The quantitative estimate of drug-likeness (QED) is 0.690. The number of nitrogen functional groups attached to an aromatic ring is 1. The van der Waals surface area contributed by atoms with Crippen molar-refractivity contribution in [2.75, 3.05) is 19.8 Å². The zero-order chi connectivity index (χ0) is 14.7. The summed E-state index contributed by atoms with van der Waals surface area (Å²) in [7, 11) is 3.49. The Morgan fingerprint density at radius 2 is 1.85 bits per heavy atom. The second kappa shape index (κ2) is 6.09. The number of carbonyl (C=O) groups excluding carboxylic acids is 1. The Kier molecular flexibility index (Phi) is 4.45. The third kappa shape index (κ3) is 2.85. The highest BCUT2D eigenvalue weighted by Gasteiger charge is 2.15. The molecular formula is C16H17BrN2O. The summed E-state index contributed by atoms with van der Waals surface area (Å²) >= 11 is 3.41. The predicted molar refractivity (Wildman–Crippen MR) is 86.9 cm³/mol. The van der Waals surface area contributed by atoms with E-state index in [0.29, 0.717) is 11.3 Å². The van der Waals surface area contributed by atoms with Crippen LogP contribution in [0.4, 0.5) is 5.69 Å². The van der Waals surface area contributed by atoms with Gasteiger partial charge in [-0.15, -0.1) is 0 Å². The number of amides is 1. The van der Waals surface area contributed by atoms with Gasteiger partial charge in [0.15, 0.2) is 0 Å². The van der Waals surface area contributed by atoms with E-state index < -0.39 is 0 Å². The van der Waals surface area contributed by atoms with E-state index in [1.165, 1.54) is 0 Å². The molecule has 0 aliphatic rings. The third-order valence-corrected chi connectivity index (χ3v) is 3.77. The molecule has 0 saturated carbocycles. The van der Waals surface area contributed by atoms with Gasteiger partial charge in [-0.3, -0.25) is 4.79 Å². The molecule has 2 aromatic rings. The van der Waals surface area contributed by atoms with Crippen LogP contribution in [-0.4, -0.2) is 24.9 Å². The third-order valence-electron chi connectivity index (χ3n) is 3.12. The summed E-state index contributed by atoms with van der Waals surface area (Å²) in [4.78, 5) is 13.8. The number of alkyl halides is 1. The van der Waals surface area contributed by atoms with Gasteiger partial charge in [0.05, 0.1) is 0 Å². The van der Waals surface area contributed by atoms with Gasteiger partial charge >= 0.3 is 0 Å². The van der Waals surface area contributed by atoms with Gasteiger partial charge in [0.2, 0.25) is 0 Å². The number of hydrogen-bond donors (Lipinski definition) is 1. The Morgan fingerprint density at radius 3 is 2.45 bits per heavy atom. The Balaban J connectivity index is 2.56. The van der Waals surface area contributed by atoms with Crippen molar-refractivity contribution in [3.8, 4) is 11.1 Å². The average molecular weight is 333 g/mol. The fourth-order valence-corrected chi connectivity index (χ4v) is 2.43. The van der Waals surface area contributed by atoms with Crippen LogP contribution in [0.15, 0.2) is 42.5 Å². The van der Waals surface area contributed by atoms with Gasteiger partial charge in [0.1, 0.15) is 0 Å². The number of nitrogens with zero attached hydrogens (tertiary/aromatic N) is 1. The normalized spacial score (nSPS) is 10.3. The molecular weight excluding hydrogens is 316 g/mol. The van der Waals surface area contributed by atoms with E-state index in [2.05, 4.69) is 15.9 Å². The smallest absolute Gasteiger partial charge is 0.253 e. The molecule has 0 unspecified atom stereocenters. The number of anilines is 1. The first kappa shape index (κ1) is 14.6. The van der Waals surface area contributed by atoms with Crippen LogP contribution in [0, 0.1) is 0 Å². The number of hydrogen-bond acceptors (Lipinski definition) is 2. The molecule has 2 rings (SSSR count). The fourth-order valence-electron chi connectivity index (χ4n) is 2.09. The molecule has 0 aliphatic carbocycles. The van der Waals surface area contributed by atoms with Gasteiger partial charge in [-0.05, 0) is 23.3 Å². The Hall–Kier alpha value is -1.81. The Bertz CT molecular complexity index is 638. The molecule has 0 aliphatic heterocycles. The molecule has 2 N–H and O–H groups in total. The second-order valence-electron chi connectivity index (χ2n) is 4.80. The predicted octanol–water partition coefficient (Wildman–Crippen LogP) is 3.53. The van der Waals surface area contributed by atoms with Crippen LogP contribution in [0.5, 0.6) is 0 Å². The lowest BCUT2D eigenvalue weighted by atomic mass is 9.96. The average Bonchev–Trinajstić information content (AvgIpc) is 2.46. The molecule has 0 spiro atoms. The van der Waals surface area contributed by atoms with Crippen molar-refractivity contribution < 1.29 is 4.79 Å². The summed E-state index contributed by atoms with van der Waals surface area (Å²) in [6, 6.07) is 13.4. The van der Waals surface area contributed by atoms with Crippen molar-refractivity contribution in [3.05, 3.63) is 53.6 Å². The lowest BCUT2D eigenvalue weighted by Gasteiger charge is -2.15. The first-order valence-corrected chi connectivity index (χ1v) is 7.42. The van der Waals surface area contributed by atoms with Crippen molar-refractivity contribution >= 4 is 27.5 Å². The number of carbonyl (C=O) groups is 1. The molecule has 20 heavy (non-hydrogen) atoms. The van der Waals surface area contributed by atoms with Gasteiger partial charge < -0.3 is 10.6 Å².